The van der Waals surface area contributed by atoms with E-state index < -0.39 is 0 Å². The second kappa shape index (κ2) is 7.64. The number of nitrogens with zero attached hydrogens (tertiary/aromatic N) is 1. The quantitative estimate of drug-likeness (QED) is 0.324. The number of hydrogen-bond acceptors (Lipinski definition) is 2. The number of anilines is 1. The van der Waals surface area contributed by atoms with E-state index in [0.717, 1.165) is 5.69 Å². The van der Waals surface area contributed by atoms with Gasteiger partial charge in [-0.15, -0.1) is 0 Å². The van der Waals surface area contributed by atoms with Crippen LogP contribution in [0.2, 0.25) is 0 Å². The Morgan fingerprint density at radius 1 is 1.44 bits per heavy atom. The zero-order valence-corrected chi connectivity index (χ0v) is 12.6. The first-order valence-electron chi connectivity index (χ1n) is 4.70. The molecule has 0 saturated carbocycles. The molecular weight excluding hydrogens is 229 g/mol. The molecule has 1 aromatic rings. The van der Waals surface area contributed by atoms with E-state index in [-0.39, 0.29) is 31.0 Å². The van der Waals surface area contributed by atoms with Gasteiger partial charge in [-0.2, -0.15) is 5.26 Å². The SMILES string of the molecule is CC(C)c1ccccc1NC(=S)NC#N.[H-].[Na+]. The van der Waals surface area contributed by atoms with Crippen molar-refractivity contribution in [3.8, 4) is 6.19 Å². The van der Waals surface area contributed by atoms with Gasteiger partial charge in [-0.1, -0.05) is 32.0 Å². The monoisotopic (exact) mass is 243 g/mol. The number of rotatable bonds is 2. The van der Waals surface area contributed by atoms with Gasteiger partial charge >= 0.3 is 29.6 Å². The van der Waals surface area contributed by atoms with Gasteiger partial charge < -0.3 is 6.74 Å². The standard InChI is InChI=1S/C11H13N3S.Na.H/c1-8(2)9-5-3-4-6-10(9)14-11(15)13-7-12;;/h3-6,8H,1-2H3,(H2,13,14,15);;/q;+1;-1. The Balaban J connectivity index is 0. The number of nitriles is 1. The third kappa shape index (κ3) is 4.50. The Morgan fingerprint density at radius 2 is 2.06 bits per heavy atom. The summed E-state index contributed by atoms with van der Waals surface area (Å²) >= 11 is 4.94. The Morgan fingerprint density at radius 3 is 2.62 bits per heavy atom. The summed E-state index contributed by atoms with van der Waals surface area (Å²) in [6.45, 7) is 4.22. The zero-order valence-electron chi connectivity index (χ0n) is 10.7. The summed E-state index contributed by atoms with van der Waals surface area (Å²) in [5.74, 6) is 0.415. The van der Waals surface area contributed by atoms with Crippen LogP contribution in [0, 0.1) is 11.5 Å². The van der Waals surface area contributed by atoms with E-state index in [1.54, 1.807) is 6.19 Å². The first-order chi connectivity index (χ1) is 7.15. The predicted molar refractivity (Wildman–Crippen MR) is 66.6 cm³/mol. The molecule has 0 atom stereocenters. The summed E-state index contributed by atoms with van der Waals surface area (Å²) < 4.78 is 0. The number of nitrogens with one attached hydrogen (secondary N) is 2. The van der Waals surface area contributed by atoms with E-state index in [1.807, 2.05) is 24.3 Å². The maximum Gasteiger partial charge on any atom is 1.00 e. The average molecular weight is 243 g/mol. The molecule has 5 heteroatoms. The fraction of sp³-hybridized carbons (Fsp3) is 0.273. The van der Waals surface area contributed by atoms with Crippen LogP contribution < -0.4 is 40.2 Å². The van der Waals surface area contributed by atoms with Gasteiger partial charge in [0.1, 0.15) is 0 Å². The minimum absolute atomic E-state index is 0. The molecule has 0 heterocycles. The van der Waals surface area contributed by atoms with Crippen molar-refractivity contribution in [2.24, 2.45) is 0 Å². The summed E-state index contributed by atoms with van der Waals surface area (Å²) in [6, 6.07) is 7.91. The van der Waals surface area contributed by atoms with Crippen LogP contribution in [0.3, 0.4) is 0 Å². The third-order valence-electron chi connectivity index (χ3n) is 2.00. The summed E-state index contributed by atoms with van der Waals surface area (Å²) in [5.41, 5.74) is 2.12. The topological polar surface area (TPSA) is 47.8 Å². The van der Waals surface area contributed by atoms with Gasteiger partial charge in [-0.25, -0.2) is 0 Å². The van der Waals surface area contributed by atoms with E-state index in [0.29, 0.717) is 11.0 Å². The normalized spacial score (nSPS) is 8.88. The van der Waals surface area contributed by atoms with Gasteiger partial charge in [-0.05, 0) is 29.8 Å². The molecule has 0 amide bonds. The fourth-order valence-corrected chi connectivity index (χ4v) is 1.47. The third-order valence-corrected chi connectivity index (χ3v) is 2.20. The van der Waals surface area contributed by atoms with Gasteiger partial charge in [0.2, 0.25) is 0 Å². The molecule has 0 radical (unpaired) electrons. The van der Waals surface area contributed by atoms with Crippen molar-refractivity contribution in [2.45, 2.75) is 19.8 Å². The largest absolute Gasteiger partial charge is 1.00 e. The average Bonchev–Trinajstić information content (AvgIpc) is 2.18. The van der Waals surface area contributed by atoms with Gasteiger partial charge in [0, 0.05) is 5.69 Å². The minimum Gasteiger partial charge on any atom is -1.00 e. The van der Waals surface area contributed by atoms with Gasteiger partial charge in [0.25, 0.3) is 0 Å². The number of benzene rings is 1. The Kier molecular flexibility index (Phi) is 7.35. The van der Waals surface area contributed by atoms with Crippen molar-refractivity contribution >= 4 is 23.0 Å². The van der Waals surface area contributed by atoms with Crippen LogP contribution in [0.1, 0.15) is 26.8 Å². The van der Waals surface area contributed by atoms with Crippen molar-refractivity contribution in [3.05, 3.63) is 29.8 Å². The van der Waals surface area contributed by atoms with Crippen LogP contribution >= 0.6 is 12.2 Å². The molecule has 3 nitrogen and oxygen atoms in total. The van der Waals surface area contributed by atoms with E-state index >= 15 is 0 Å². The molecule has 1 aromatic carbocycles. The molecule has 16 heavy (non-hydrogen) atoms. The maximum atomic E-state index is 8.40. The predicted octanol–water partition coefficient (Wildman–Crippen LogP) is -0.306. The van der Waals surface area contributed by atoms with Crippen molar-refractivity contribution in [1.29, 1.82) is 5.26 Å². The molecule has 0 bridgehead atoms. The summed E-state index contributed by atoms with van der Waals surface area (Å²) in [5, 5.41) is 14.1. The Labute approximate surface area is 125 Å². The fourth-order valence-electron chi connectivity index (χ4n) is 1.32. The second-order valence-electron chi connectivity index (χ2n) is 3.43. The van der Waals surface area contributed by atoms with Gasteiger partial charge in [0.05, 0.1) is 0 Å². The Bertz CT molecular complexity index is 404. The maximum absolute atomic E-state index is 8.40. The van der Waals surface area contributed by atoms with Crippen LogP contribution in [0.5, 0.6) is 0 Å². The molecule has 0 spiro atoms. The van der Waals surface area contributed by atoms with Gasteiger partial charge in [-0.3, -0.25) is 5.32 Å². The molecule has 0 aromatic heterocycles. The molecule has 80 valence electrons. The molecule has 0 saturated heterocycles. The molecule has 0 aliphatic carbocycles. The van der Waals surface area contributed by atoms with E-state index in [1.165, 1.54) is 5.56 Å². The summed E-state index contributed by atoms with van der Waals surface area (Å²) in [4.78, 5) is 0. The minimum atomic E-state index is 0. The molecule has 0 unspecified atom stereocenters. The molecule has 0 fully saturated rings. The molecule has 2 N–H and O–H groups in total. The van der Waals surface area contributed by atoms with E-state index in [2.05, 4.69) is 24.5 Å². The van der Waals surface area contributed by atoms with E-state index in [4.69, 9.17) is 17.5 Å². The first-order valence-corrected chi connectivity index (χ1v) is 5.11. The smallest absolute Gasteiger partial charge is 1.00 e. The number of para-hydroxylation sites is 1. The second-order valence-corrected chi connectivity index (χ2v) is 3.84. The van der Waals surface area contributed by atoms with Crippen molar-refractivity contribution in [1.82, 2.24) is 5.32 Å². The van der Waals surface area contributed by atoms with Crippen LogP contribution in [0.4, 0.5) is 5.69 Å². The molecule has 1 rings (SSSR count). The van der Waals surface area contributed by atoms with E-state index in [9.17, 15) is 0 Å². The van der Waals surface area contributed by atoms with Crippen LogP contribution in [-0.4, -0.2) is 5.11 Å². The molecule has 0 aliphatic rings. The molecule has 0 aliphatic heterocycles. The first kappa shape index (κ1) is 15.4. The summed E-state index contributed by atoms with van der Waals surface area (Å²) in [6.07, 6.45) is 1.78. The number of thiocarbonyl (C=S) groups is 1. The zero-order chi connectivity index (χ0) is 11.3. The number of hydrogen-bond donors (Lipinski definition) is 2. The van der Waals surface area contributed by atoms with Crippen LogP contribution in [0.15, 0.2) is 24.3 Å². The Hall–Kier alpha value is -0.600. The van der Waals surface area contributed by atoms with Crippen LogP contribution in [0.25, 0.3) is 0 Å². The van der Waals surface area contributed by atoms with Crippen molar-refractivity contribution in [2.75, 3.05) is 5.32 Å². The summed E-state index contributed by atoms with van der Waals surface area (Å²) in [7, 11) is 0. The van der Waals surface area contributed by atoms with Gasteiger partial charge in [0.15, 0.2) is 11.3 Å². The molecular formula is C11H14N3NaS. The van der Waals surface area contributed by atoms with Crippen LogP contribution in [-0.2, 0) is 0 Å². The van der Waals surface area contributed by atoms with Crippen molar-refractivity contribution < 1.29 is 31.0 Å². The van der Waals surface area contributed by atoms with Crippen molar-refractivity contribution in [3.63, 3.8) is 0 Å².